The maximum absolute atomic E-state index is 11.7. The number of aromatic nitrogens is 2. The minimum atomic E-state index is -1.02. The fraction of sp³-hybridized carbons (Fsp3) is 0.583. The number of aryl methyl sites for hydroxylation is 1. The molecule has 0 radical (unpaired) electrons. The fourth-order valence-corrected chi connectivity index (χ4v) is 1.62. The first-order valence-corrected chi connectivity index (χ1v) is 6.19. The van der Waals surface area contributed by atoms with Crippen molar-refractivity contribution in [2.45, 2.75) is 32.9 Å². The molecule has 2 amide bonds. The summed E-state index contributed by atoms with van der Waals surface area (Å²) in [5, 5.41) is 18.1. The monoisotopic (exact) mass is 268 g/mol. The van der Waals surface area contributed by atoms with Crippen molar-refractivity contribution < 1.29 is 14.7 Å². The molecule has 2 atom stereocenters. The van der Waals surface area contributed by atoms with Gasteiger partial charge in [0.25, 0.3) is 0 Å². The van der Waals surface area contributed by atoms with Crippen LogP contribution in [-0.2, 0) is 18.4 Å². The van der Waals surface area contributed by atoms with Crippen LogP contribution in [0.2, 0.25) is 0 Å². The smallest absolute Gasteiger partial charge is 0.326 e. The molecule has 0 saturated heterocycles. The van der Waals surface area contributed by atoms with E-state index in [-0.39, 0.29) is 5.92 Å². The Balaban J connectivity index is 2.49. The van der Waals surface area contributed by atoms with Gasteiger partial charge < -0.3 is 15.7 Å². The highest BCUT2D eigenvalue weighted by Gasteiger charge is 2.25. The Labute approximate surface area is 112 Å². The Morgan fingerprint density at radius 2 is 2.21 bits per heavy atom. The lowest BCUT2D eigenvalue weighted by Gasteiger charge is -2.20. The lowest BCUT2D eigenvalue weighted by molar-refractivity contribution is -0.140. The highest BCUT2D eigenvalue weighted by Crippen LogP contribution is 2.07. The summed E-state index contributed by atoms with van der Waals surface area (Å²) in [5.41, 5.74) is 0.838. The zero-order valence-corrected chi connectivity index (χ0v) is 11.4. The van der Waals surface area contributed by atoms with E-state index in [0.29, 0.717) is 13.0 Å². The molecule has 0 aliphatic heterocycles. The van der Waals surface area contributed by atoms with Crippen molar-refractivity contribution in [1.82, 2.24) is 20.4 Å². The average molecular weight is 268 g/mol. The van der Waals surface area contributed by atoms with Gasteiger partial charge in [-0.15, -0.1) is 0 Å². The van der Waals surface area contributed by atoms with Gasteiger partial charge in [-0.25, -0.2) is 9.59 Å². The van der Waals surface area contributed by atoms with E-state index in [0.717, 1.165) is 5.69 Å². The quantitative estimate of drug-likeness (QED) is 0.708. The number of carbonyl (C=O) groups excluding carboxylic acids is 1. The molecule has 19 heavy (non-hydrogen) atoms. The van der Waals surface area contributed by atoms with E-state index in [9.17, 15) is 9.59 Å². The number of amides is 2. The van der Waals surface area contributed by atoms with Crippen LogP contribution in [0.25, 0.3) is 0 Å². The lowest BCUT2D eigenvalue weighted by atomic mass is 9.99. The molecule has 0 fully saturated rings. The third-order valence-electron chi connectivity index (χ3n) is 3.12. The largest absolute Gasteiger partial charge is 0.480 e. The highest BCUT2D eigenvalue weighted by atomic mass is 16.4. The van der Waals surface area contributed by atoms with E-state index < -0.39 is 18.0 Å². The van der Waals surface area contributed by atoms with E-state index in [1.165, 1.54) is 0 Å². The summed E-state index contributed by atoms with van der Waals surface area (Å²) in [6.45, 7) is 3.98. The number of rotatable bonds is 6. The third-order valence-corrected chi connectivity index (χ3v) is 3.12. The number of hydrogen-bond donors (Lipinski definition) is 3. The Kier molecular flexibility index (Phi) is 5.35. The van der Waals surface area contributed by atoms with Gasteiger partial charge in [0.2, 0.25) is 0 Å². The Morgan fingerprint density at radius 1 is 1.53 bits per heavy atom. The van der Waals surface area contributed by atoms with Crippen LogP contribution in [0.3, 0.4) is 0 Å². The molecule has 3 N–H and O–H groups in total. The molecule has 0 bridgehead atoms. The Morgan fingerprint density at radius 3 is 2.68 bits per heavy atom. The van der Waals surface area contributed by atoms with E-state index in [2.05, 4.69) is 15.7 Å². The van der Waals surface area contributed by atoms with Crippen molar-refractivity contribution in [1.29, 1.82) is 0 Å². The summed E-state index contributed by atoms with van der Waals surface area (Å²) in [6.07, 6.45) is 2.31. The van der Waals surface area contributed by atoms with E-state index in [4.69, 9.17) is 5.11 Å². The SMILES string of the molecule is CC[C@H](C)[C@H](NC(=O)NCc1ccnn1C)C(=O)O. The van der Waals surface area contributed by atoms with Gasteiger partial charge in [-0.05, 0) is 12.0 Å². The molecule has 1 heterocycles. The Hall–Kier alpha value is -2.05. The molecule has 1 rings (SSSR count). The molecule has 0 aliphatic rings. The second-order valence-electron chi connectivity index (χ2n) is 4.47. The van der Waals surface area contributed by atoms with E-state index in [1.807, 2.05) is 6.92 Å². The minimum Gasteiger partial charge on any atom is -0.480 e. The van der Waals surface area contributed by atoms with Gasteiger partial charge in [-0.3, -0.25) is 4.68 Å². The number of aliphatic carboxylic acids is 1. The maximum Gasteiger partial charge on any atom is 0.326 e. The van der Waals surface area contributed by atoms with Crippen molar-refractivity contribution in [3.05, 3.63) is 18.0 Å². The molecule has 1 aromatic heterocycles. The van der Waals surface area contributed by atoms with Crippen molar-refractivity contribution in [3.8, 4) is 0 Å². The predicted octanol–water partition coefficient (Wildman–Crippen LogP) is 0.719. The number of nitrogens with one attached hydrogen (secondary N) is 2. The summed E-state index contributed by atoms with van der Waals surface area (Å²) in [4.78, 5) is 22.7. The van der Waals surface area contributed by atoms with Crippen molar-refractivity contribution in [3.63, 3.8) is 0 Å². The van der Waals surface area contributed by atoms with Gasteiger partial charge in [0.05, 0.1) is 12.2 Å². The number of carboxylic acid groups (broad SMARTS) is 1. The zero-order chi connectivity index (χ0) is 14.4. The molecule has 106 valence electrons. The first-order chi connectivity index (χ1) is 8.95. The first kappa shape index (κ1) is 15.0. The Bertz CT molecular complexity index is 444. The topological polar surface area (TPSA) is 96.3 Å². The maximum atomic E-state index is 11.7. The third kappa shape index (κ3) is 4.27. The van der Waals surface area contributed by atoms with Gasteiger partial charge in [0, 0.05) is 13.2 Å². The standard InChI is InChI=1S/C12H20N4O3/c1-4-8(2)10(11(17)18)15-12(19)13-7-9-5-6-14-16(9)3/h5-6,8,10H,4,7H2,1-3H3,(H,17,18)(H2,13,15,19)/t8-,10-/m0/s1. The minimum absolute atomic E-state index is 0.125. The highest BCUT2D eigenvalue weighted by molar-refractivity contribution is 5.82. The summed E-state index contributed by atoms with van der Waals surface area (Å²) in [5.74, 6) is -1.15. The molecule has 0 unspecified atom stereocenters. The van der Waals surface area contributed by atoms with Crippen LogP contribution in [0, 0.1) is 5.92 Å². The molecule has 7 heteroatoms. The molecule has 0 aliphatic carbocycles. The second kappa shape index (κ2) is 6.77. The van der Waals surface area contributed by atoms with Crippen LogP contribution in [0.1, 0.15) is 26.0 Å². The molecule has 7 nitrogen and oxygen atoms in total. The zero-order valence-electron chi connectivity index (χ0n) is 11.4. The number of carbonyl (C=O) groups is 2. The van der Waals surface area contributed by atoms with Crippen LogP contribution in [-0.4, -0.2) is 32.9 Å². The van der Waals surface area contributed by atoms with Crippen molar-refractivity contribution >= 4 is 12.0 Å². The fourth-order valence-electron chi connectivity index (χ4n) is 1.62. The molecule has 0 spiro atoms. The molecular weight excluding hydrogens is 248 g/mol. The molecular formula is C12H20N4O3. The van der Waals surface area contributed by atoms with Crippen LogP contribution in [0.5, 0.6) is 0 Å². The van der Waals surface area contributed by atoms with Crippen molar-refractivity contribution in [2.24, 2.45) is 13.0 Å². The lowest BCUT2D eigenvalue weighted by Crippen LogP contribution is -2.49. The van der Waals surface area contributed by atoms with Crippen LogP contribution in [0.15, 0.2) is 12.3 Å². The van der Waals surface area contributed by atoms with Gasteiger partial charge in [0.1, 0.15) is 6.04 Å². The summed E-state index contributed by atoms with van der Waals surface area (Å²) >= 11 is 0. The van der Waals surface area contributed by atoms with Gasteiger partial charge in [-0.2, -0.15) is 5.10 Å². The second-order valence-corrected chi connectivity index (χ2v) is 4.47. The summed E-state index contributed by atoms with van der Waals surface area (Å²) in [7, 11) is 1.77. The van der Waals surface area contributed by atoms with Crippen LogP contribution < -0.4 is 10.6 Å². The van der Waals surface area contributed by atoms with Crippen molar-refractivity contribution in [2.75, 3.05) is 0 Å². The van der Waals surface area contributed by atoms with E-state index >= 15 is 0 Å². The van der Waals surface area contributed by atoms with Crippen LogP contribution in [0.4, 0.5) is 4.79 Å². The molecule has 0 aromatic carbocycles. The normalized spacial score (nSPS) is 13.6. The van der Waals surface area contributed by atoms with Crippen LogP contribution >= 0.6 is 0 Å². The van der Waals surface area contributed by atoms with Gasteiger partial charge >= 0.3 is 12.0 Å². The summed E-state index contributed by atoms with van der Waals surface area (Å²) in [6, 6.07) is 0.411. The van der Waals surface area contributed by atoms with Gasteiger partial charge in [0.15, 0.2) is 0 Å². The number of carboxylic acids is 1. The molecule has 0 saturated carbocycles. The molecule has 1 aromatic rings. The summed E-state index contributed by atoms with van der Waals surface area (Å²) < 4.78 is 1.64. The number of urea groups is 1. The van der Waals surface area contributed by atoms with E-state index in [1.54, 1.807) is 30.9 Å². The predicted molar refractivity (Wildman–Crippen MR) is 69.5 cm³/mol. The van der Waals surface area contributed by atoms with Gasteiger partial charge in [-0.1, -0.05) is 20.3 Å². The number of hydrogen-bond acceptors (Lipinski definition) is 3. The average Bonchev–Trinajstić information content (AvgIpc) is 2.77. The first-order valence-electron chi connectivity index (χ1n) is 6.19. The number of nitrogens with zero attached hydrogens (tertiary/aromatic N) is 2.